The van der Waals surface area contributed by atoms with Crippen LogP contribution in [0.25, 0.3) is 0 Å². The number of hydrogen-bond donors (Lipinski definition) is 0. The molecule has 4 unspecified atom stereocenters. The van der Waals surface area contributed by atoms with Crippen LogP contribution in [0.5, 0.6) is 11.5 Å². The van der Waals surface area contributed by atoms with Gasteiger partial charge in [0, 0.05) is 46.2 Å². The predicted octanol–water partition coefficient (Wildman–Crippen LogP) is 2.75. The lowest BCUT2D eigenvalue weighted by Gasteiger charge is -2.34. The van der Waals surface area contributed by atoms with Gasteiger partial charge in [-0.2, -0.15) is 0 Å². The van der Waals surface area contributed by atoms with E-state index in [2.05, 4.69) is 13.2 Å². The van der Waals surface area contributed by atoms with Crippen molar-refractivity contribution in [2.24, 2.45) is 0 Å². The van der Waals surface area contributed by atoms with Gasteiger partial charge < -0.3 is 37.9 Å². The molecule has 14 nitrogen and oxygen atoms in total. The quantitative estimate of drug-likeness (QED) is 0.0931. The molecule has 0 fully saturated rings. The molecule has 0 aromatic heterocycles. The molecule has 0 amide bonds. The fraction of sp³-hybridized carbons (Fsp3) is 0.448. The molecule has 0 spiro atoms. The fourth-order valence-corrected chi connectivity index (χ4v) is 4.15. The van der Waals surface area contributed by atoms with Gasteiger partial charge in [0.15, 0.2) is 18.3 Å². The second-order valence-corrected chi connectivity index (χ2v) is 9.91. The first-order valence-corrected chi connectivity index (χ1v) is 14.1. The van der Waals surface area contributed by atoms with Crippen molar-refractivity contribution >= 4 is 58.4 Å². The molecule has 0 saturated heterocycles. The minimum atomic E-state index is -2.04. The third kappa shape index (κ3) is 13.4. The highest BCUT2D eigenvalue weighted by atomic mass is 127. The summed E-state index contributed by atoms with van der Waals surface area (Å²) >= 11 is 1.98. The molecule has 0 heterocycles. The zero-order valence-electron chi connectivity index (χ0n) is 25.0. The van der Waals surface area contributed by atoms with E-state index in [-0.39, 0.29) is 13.2 Å². The Morgan fingerprint density at radius 1 is 0.727 bits per heavy atom. The number of halogens is 1. The topological polar surface area (TPSA) is 176 Å². The zero-order valence-corrected chi connectivity index (χ0v) is 27.1. The van der Waals surface area contributed by atoms with Crippen molar-refractivity contribution in [1.29, 1.82) is 0 Å². The fourth-order valence-electron chi connectivity index (χ4n) is 3.53. The highest BCUT2D eigenvalue weighted by Gasteiger charge is 2.47. The average molecular weight is 734 g/mol. The van der Waals surface area contributed by atoms with Crippen LogP contribution in [-0.2, 0) is 63.8 Å². The first-order chi connectivity index (χ1) is 20.7. The van der Waals surface area contributed by atoms with Crippen molar-refractivity contribution in [2.75, 3.05) is 19.8 Å². The maximum Gasteiger partial charge on any atom is 0.351 e. The predicted molar refractivity (Wildman–Crippen MR) is 159 cm³/mol. The number of ether oxygens (including phenoxy) is 8. The molecule has 0 aliphatic carbocycles. The van der Waals surface area contributed by atoms with E-state index in [1.165, 1.54) is 12.2 Å². The van der Waals surface area contributed by atoms with E-state index in [9.17, 15) is 28.8 Å². The van der Waals surface area contributed by atoms with Gasteiger partial charge >= 0.3 is 35.8 Å². The van der Waals surface area contributed by atoms with E-state index in [4.69, 9.17) is 37.9 Å². The summed E-state index contributed by atoms with van der Waals surface area (Å²) in [5.74, 6) is -5.07. The minimum Gasteiger partial charge on any atom is -0.489 e. The Balaban J connectivity index is 3.57. The molecule has 0 saturated carbocycles. The number of rotatable bonds is 18. The molecule has 44 heavy (non-hydrogen) atoms. The summed E-state index contributed by atoms with van der Waals surface area (Å²) in [5, 5.41) is 0. The van der Waals surface area contributed by atoms with Crippen LogP contribution < -0.4 is 9.47 Å². The monoisotopic (exact) mass is 734 g/mol. The molecule has 4 atom stereocenters. The van der Waals surface area contributed by atoms with Gasteiger partial charge in [-0.3, -0.25) is 24.0 Å². The van der Waals surface area contributed by atoms with Crippen molar-refractivity contribution in [3.05, 3.63) is 46.6 Å². The first-order valence-electron chi connectivity index (χ1n) is 13.0. The maximum atomic E-state index is 13.5. The molecule has 242 valence electrons. The molecule has 1 aromatic rings. The lowest BCUT2D eigenvalue weighted by atomic mass is 10.0. The minimum absolute atomic E-state index is 0.174. The van der Waals surface area contributed by atoms with E-state index in [0.717, 1.165) is 34.6 Å². The van der Waals surface area contributed by atoms with E-state index < -0.39 is 73.4 Å². The smallest absolute Gasteiger partial charge is 0.351 e. The summed E-state index contributed by atoms with van der Waals surface area (Å²) in [6.07, 6.45) is -4.28. The van der Waals surface area contributed by atoms with Crippen molar-refractivity contribution in [3.8, 4) is 11.5 Å². The summed E-state index contributed by atoms with van der Waals surface area (Å²) in [6.45, 7) is 11.5. The molecule has 0 bridgehead atoms. The number of hydrogen-bond acceptors (Lipinski definition) is 14. The van der Waals surface area contributed by atoms with Crippen molar-refractivity contribution in [2.45, 2.75) is 65.6 Å². The van der Waals surface area contributed by atoms with E-state index in [1.54, 1.807) is 12.1 Å². The molecular formula is C29H35IO14. The van der Waals surface area contributed by atoms with Gasteiger partial charge in [0.1, 0.15) is 37.9 Å². The van der Waals surface area contributed by atoms with E-state index in [1.807, 2.05) is 22.6 Å². The van der Waals surface area contributed by atoms with Gasteiger partial charge in [-0.15, -0.1) is 0 Å². The van der Waals surface area contributed by atoms with Crippen molar-refractivity contribution < 1.29 is 66.7 Å². The third-order valence-electron chi connectivity index (χ3n) is 5.07. The molecule has 15 heteroatoms. The molecule has 1 aromatic carbocycles. The van der Waals surface area contributed by atoms with Gasteiger partial charge in [0.05, 0.1) is 3.57 Å². The molecular weight excluding hydrogens is 699 g/mol. The Labute approximate surface area is 268 Å². The van der Waals surface area contributed by atoms with Crippen LogP contribution in [0.15, 0.2) is 37.4 Å². The van der Waals surface area contributed by atoms with Gasteiger partial charge in [0.2, 0.25) is 6.10 Å². The second kappa shape index (κ2) is 19.2. The van der Waals surface area contributed by atoms with Crippen LogP contribution in [0.1, 0.15) is 40.2 Å². The number of esters is 6. The highest BCUT2D eigenvalue weighted by Crippen LogP contribution is 2.31. The molecule has 0 aliphatic heterocycles. The van der Waals surface area contributed by atoms with E-state index in [0.29, 0.717) is 20.6 Å². The number of carbonyl (C=O) groups is 6. The van der Waals surface area contributed by atoms with Crippen molar-refractivity contribution in [3.63, 3.8) is 0 Å². The molecule has 0 aliphatic rings. The standard InChI is InChI=1S/C29H35IO14/c1-8-10-37-22-12-21(25(30)23(13-22)38-11-9-2)14-40-29(36)28(44-20(7)35)27(43-19(6)34)26(42-18(5)33)24(41-17(4)32)15-39-16(3)31/h8-9,12-13,24,26-28H,1-2,10-11,14-15H2,3-7H3. The van der Waals surface area contributed by atoms with E-state index >= 15 is 0 Å². The Morgan fingerprint density at radius 3 is 1.80 bits per heavy atom. The maximum absolute atomic E-state index is 13.5. The van der Waals surface area contributed by atoms with Gasteiger partial charge in [-0.25, -0.2) is 4.79 Å². The van der Waals surface area contributed by atoms with Crippen molar-refractivity contribution in [1.82, 2.24) is 0 Å². The largest absolute Gasteiger partial charge is 0.489 e. The Morgan fingerprint density at radius 2 is 1.27 bits per heavy atom. The van der Waals surface area contributed by atoms with Crippen LogP contribution in [0, 0.1) is 3.57 Å². The van der Waals surface area contributed by atoms with Crippen LogP contribution in [0.2, 0.25) is 0 Å². The second-order valence-electron chi connectivity index (χ2n) is 8.83. The van der Waals surface area contributed by atoms with Gasteiger partial charge in [0.25, 0.3) is 0 Å². The summed E-state index contributed by atoms with van der Waals surface area (Å²) in [6, 6.07) is 3.21. The van der Waals surface area contributed by atoms with Crippen LogP contribution >= 0.6 is 22.6 Å². The Kier molecular flexibility index (Phi) is 16.5. The van der Waals surface area contributed by atoms with Gasteiger partial charge in [-0.1, -0.05) is 25.3 Å². The Hall–Kier alpha value is -4.15. The van der Waals surface area contributed by atoms with Crippen LogP contribution in [-0.4, -0.2) is 80.1 Å². The van der Waals surface area contributed by atoms with Crippen LogP contribution in [0.3, 0.4) is 0 Å². The molecule has 1 rings (SSSR count). The normalized spacial score (nSPS) is 13.0. The highest BCUT2D eigenvalue weighted by molar-refractivity contribution is 14.1. The summed E-state index contributed by atoms with van der Waals surface area (Å²) in [4.78, 5) is 73.2. The number of benzene rings is 1. The lowest BCUT2D eigenvalue weighted by Crippen LogP contribution is -2.55. The first kappa shape index (κ1) is 37.9. The molecule has 0 N–H and O–H groups in total. The summed E-state index contributed by atoms with van der Waals surface area (Å²) < 4.78 is 43.2. The SMILES string of the molecule is C=CCOc1cc(COC(=O)C(OC(C)=O)C(OC(C)=O)C(OC(C)=O)C(COC(C)=O)OC(C)=O)c(I)c(OCC=C)c1. The summed E-state index contributed by atoms with van der Waals surface area (Å²) in [5.41, 5.74) is 0.425. The molecule has 0 radical (unpaired) electrons. The zero-order chi connectivity index (χ0) is 33.4. The van der Waals surface area contributed by atoms with Gasteiger partial charge in [-0.05, 0) is 28.7 Å². The number of carbonyl (C=O) groups excluding carboxylic acids is 6. The third-order valence-corrected chi connectivity index (χ3v) is 6.29. The average Bonchev–Trinajstić information content (AvgIpc) is 2.93. The Bertz CT molecular complexity index is 1230. The summed E-state index contributed by atoms with van der Waals surface area (Å²) in [7, 11) is 0. The lowest BCUT2D eigenvalue weighted by molar-refractivity contribution is -0.208. The van der Waals surface area contributed by atoms with Crippen LogP contribution in [0.4, 0.5) is 0 Å².